The molecule has 1 unspecified atom stereocenters. The van der Waals surface area contributed by atoms with Crippen molar-refractivity contribution in [3.8, 4) is 0 Å². The zero-order valence-electron chi connectivity index (χ0n) is 12.3. The Balaban J connectivity index is 2.52. The smallest absolute Gasteiger partial charge is 0.323 e. The molecule has 22 heavy (non-hydrogen) atoms. The molecule has 0 spiro atoms. The highest BCUT2D eigenvalue weighted by Crippen LogP contribution is 2.46. The summed E-state index contributed by atoms with van der Waals surface area (Å²) in [5.74, 6) is 0. The van der Waals surface area contributed by atoms with Crippen LogP contribution in [0.25, 0.3) is 0 Å². The van der Waals surface area contributed by atoms with Crippen LogP contribution in [0.15, 0.2) is 42.0 Å². The summed E-state index contributed by atoms with van der Waals surface area (Å²) in [7, 11) is -9.63. The van der Waals surface area contributed by atoms with Crippen molar-refractivity contribution in [3.63, 3.8) is 0 Å². The van der Waals surface area contributed by atoms with E-state index in [2.05, 4.69) is 0 Å². The van der Waals surface area contributed by atoms with E-state index in [9.17, 15) is 13.0 Å². The van der Waals surface area contributed by atoms with Crippen molar-refractivity contribution in [1.29, 1.82) is 0 Å². The van der Waals surface area contributed by atoms with E-state index in [4.69, 9.17) is 14.3 Å². The lowest BCUT2D eigenvalue weighted by Crippen LogP contribution is -2.20. The molecule has 1 atom stereocenters. The Morgan fingerprint density at radius 3 is 2.36 bits per heavy atom. The van der Waals surface area contributed by atoms with E-state index in [-0.39, 0.29) is 12.8 Å². The summed E-state index contributed by atoms with van der Waals surface area (Å²) in [6, 6.07) is 9.82. The molecule has 0 fully saturated rings. The van der Waals surface area contributed by atoms with E-state index in [0.717, 1.165) is 17.6 Å². The maximum Gasteiger partial charge on any atom is 0.346 e. The van der Waals surface area contributed by atoms with Crippen LogP contribution in [0.2, 0.25) is 0 Å². The summed E-state index contributed by atoms with van der Waals surface area (Å²) in [5, 5.41) is 0. The van der Waals surface area contributed by atoms with E-state index < -0.39 is 22.7 Å². The van der Waals surface area contributed by atoms with Crippen LogP contribution in [-0.4, -0.2) is 27.7 Å². The van der Waals surface area contributed by atoms with Crippen molar-refractivity contribution in [3.05, 3.63) is 47.5 Å². The van der Waals surface area contributed by atoms with Crippen LogP contribution in [0.3, 0.4) is 0 Å². The van der Waals surface area contributed by atoms with E-state index >= 15 is 0 Å². The van der Waals surface area contributed by atoms with Crippen molar-refractivity contribution in [2.45, 2.75) is 37.6 Å². The molecule has 6 nitrogen and oxygen atoms in total. The van der Waals surface area contributed by atoms with Gasteiger partial charge in [-0.15, -0.1) is 0 Å². The maximum absolute atomic E-state index is 11.1. The molecular formula is C14H21O6PS. The first-order valence-electron chi connectivity index (χ1n) is 6.82. The van der Waals surface area contributed by atoms with Crippen LogP contribution >= 0.6 is 7.60 Å². The van der Waals surface area contributed by atoms with Gasteiger partial charge in [0, 0.05) is 0 Å². The van der Waals surface area contributed by atoms with Gasteiger partial charge in [-0.2, -0.15) is 8.42 Å². The SMILES string of the molecule is C/C(=C\CCCC(P(=O)(O)O)S(=O)(=O)O)Cc1ccccc1. The number of hydrogen-bond acceptors (Lipinski definition) is 3. The second kappa shape index (κ2) is 8.04. The standard InChI is InChI=1S/C14H21O6PS/c1-12(11-13-8-3-2-4-9-13)7-5-6-10-14(21(15,16)17)22(18,19)20/h2-4,7-9,14H,5-6,10-11H2,1H3,(H2,15,16,17)(H,18,19,20)/b12-7+. The summed E-state index contributed by atoms with van der Waals surface area (Å²) in [6.45, 7) is 1.94. The van der Waals surface area contributed by atoms with Crippen molar-refractivity contribution in [2.75, 3.05) is 0 Å². The summed E-state index contributed by atoms with van der Waals surface area (Å²) in [4.78, 5) is 15.9. The summed E-state index contributed by atoms with van der Waals surface area (Å²) >= 11 is 0. The normalized spacial score (nSPS) is 14.8. The molecule has 124 valence electrons. The third-order valence-electron chi connectivity index (χ3n) is 3.19. The predicted molar refractivity (Wildman–Crippen MR) is 85.1 cm³/mol. The maximum atomic E-state index is 11.1. The summed E-state index contributed by atoms with van der Waals surface area (Å²) < 4.78 is 42.0. The van der Waals surface area contributed by atoms with E-state index in [1.807, 2.05) is 43.3 Å². The van der Waals surface area contributed by atoms with Crippen LogP contribution in [-0.2, 0) is 21.1 Å². The zero-order valence-corrected chi connectivity index (χ0v) is 14.0. The Hall–Kier alpha value is -0.980. The number of hydrogen-bond donors (Lipinski definition) is 3. The van der Waals surface area contributed by atoms with Crippen molar-refractivity contribution in [2.24, 2.45) is 0 Å². The number of allylic oxidation sites excluding steroid dienone is 2. The van der Waals surface area contributed by atoms with Gasteiger partial charge >= 0.3 is 7.60 Å². The fourth-order valence-corrected chi connectivity index (χ4v) is 4.49. The minimum Gasteiger partial charge on any atom is -0.323 e. The molecule has 0 aliphatic heterocycles. The van der Waals surface area contributed by atoms with Gasteiger partial charge in [-0.05, 0) is 38.2 Å². The average Bonchev–Trinajstić information content (AvgIpc) is 2.36. The van der Waals surface area contributed by atoms with Gasteiger partial charge in [-0.25, -0.2) is 0 Å². The van der Waals surface area contributed by atoms with Gasteiger partial charge in [-0.3, -0.25) is 9.12 Å². The molecule has 0 aliphatic carbocycles. The monoisotopic (exact) mass is 348 g/mol. The molecule has 1 rings (SSSR count). The molecule has 3 N–H and O–H groups in total. The molecule has 0 heterocycles. The number of benzene rings is 1. The topological polar surface area (TPSA) is 112 Å². The minimum absolute atomic E-state index is 0.266. The molecule has 1 aromatic carbocycles. The Morgan fingerprint density at radius 1 is 1.27 bits per heavy atom. The molecule has 1 aromatic rings. The Kier molecular flexibility index (Phi) is 6.97. The molecule has 0 saturated heterocycles. The van der Waals surface area contributed by atoms with Crippen LogP contribution in [0, 0.1) is 0 Å². The Morgan fingerprint density at radius 2 is 1.86 bits per heavy atom. The predicted octanol–water partition coefficient (Wildman–Crippen LogP) is 2.74. The third-order valence-corrected chi connectivity index (χ3v) is 6.75. The molecular weight excluding hydrogens is 327 g/mol. The molecule has 8 heteroatoms. The van der Waals surface area contributed by atoms with Crippen molar-refractivity contribution in [1.82, 2.24) is 0 Å². The molecule has 0 radical (unpaired) electrons. The first-order chi connectivity index (χ1) is 10.1. The van der Waals surface area contributed by atoms with Gasteiger partial charge in [0.25, 0.3) is 10.1 Å². The molecule has 0 aliphatic rings. The van der Waals surface area contributed by atoms with Gasteiger partial charge in [-0.1, -0.05) is 42.0 Å². The Labute approximate surface area is 130 Å². The quantitative estimate of drug-likeness (QED) is 0.288. The number of unbranched alkanes of at least 4 members (excludes halogenated alkanes) is 1. The lowest BCUT2D eigenvalue weighted by molar-refractivity contribution is 0.360. The second-order valence-electron chi connectivity index (χ2n) is 5.20. The highest BCUT2D eigenvalue weighted by Gasteiger charge is 2.38. The van der Waals surface area contributed by atoms with Crippen LogP contribution in [0.1, 0.15) is 31.7 Å². The fourth-order valence-electron chi connectivity index (χ4n) is 2.12. The van der Waals surface area contributed by atoms with Crippen LogP contribution < -0.4 is 0 Å². The van der Waals surface area contributed by atoms with Gasteiger partial charge in [0.15, 0.2) is 4.99 Å². The molecule has 0 bridgehead atoms. The largest absolute Gasteiger partial charge is 0.346 e. The first kappa shape index (κ1) is 19.1. The highest BCUT2D eigenvalue weighted by molar-refractivity contribution is 7.93. The lowest BCUT2D eigenvalue weighted by atomic mass is 10.0. The molecule has 0 amide bonds. The first-order valence-corrected chi connectivity index (χ1v) is 10.0. The van der Waals surface area contributed by atoms with Crippen LogP contribution in [0.4, 0.5) is 0 Å². The summed E-state index contributed by atoms with van der Waals surface area (Å²) in [5.41, 5.74) is 2.24. The minimum atomic E-state index is -4.87. The van der Waals surface area contributed by atoms with Gasteiger partial charge in [0.05, 0.1) is 0 Å². The molecule has 0 saturated carbocycles. The fraction of sp³-hybridized carbons (Fsp3) is 0.429. The molecule has 0 aromatic heterocycles. The highest BCUT2D eigenvalue weighted by atomic mass is 32.2. The average molecular weight is 348 g/mol. The van der Waals surface area contributed by atoms with Gasteiger partial charge < -0.3 is 9.79 Å². The third kappa shape index (κ3) is 6.85. The van der Waals surface area contributed by atoms with Gasteiger partial charge in [0.1, 0.15) is 0 Å². The van der Waals surface area contributed by atoms with E-state index in [1.54, 1.807) is 0 Å². The van der Waals surface area contributed by atoms with E-state index in [1.165, 1.54) is 0 Å². The number of rotatable bonds is 8. The van der Waals surface area contributed by atoms with Crippen LogP contribution in [0.5, 0.6) is 0 Å². The van der Waals surface area contributed by atoms with Crippen molar-refractivity contribution >= 4 is 17.7 Å². The van der Waals surface area contributed by atoms with Gasteiger partial charge in [0.2, 0.25) is 0 Å². The summed E-state index contributed by atoms with van der Waals surface area (Å²) in [6.07, 6.45) is 3.15. The van der Waals surface area contributed by atoms with Crippen molar-refractivity contribution < 1.29 is 27.3 Å². The second-order valence-corrected chi connectivity index (χ2v) is 8.95. The Bertz CT molecular complexity index is 647. The zero-order chi connectivity index (χ0) is 16.8. The van der Waals surface area contributed by atoms with E-state index in [0.29, 0.717) is 6.42 Å². The lowest BCUT2D eigenvalue weighted by Gasteiger charge is -2.14.